The van der Waals surface area contributed by atoms with Gasteiger partial charge in [0.1, 0.15) is 17.0 Å². The van der Waals surface area contributed by atoms with Crippen LogP contribution < -0.4 is 4.74 Å². The van der Waals surface area contributed by atoms with Crippen molar-refractivity contribution in [1.82, 2.24) is 4.98 Å². The standard InChI is InChI=1S/C11H9F2NO.C7H6O/c1-2-7-11(12,13)10-14-8-5-3-4-6-9(8)15-10;1-5-2-3-6-4-7(5)8-6/h2-7H,1H3;2-4H,1H3. The van der Waals surface area contributed by atoms with Crippen LogP contribution in [0.2, 0.25) is 0 Å². The summed E-state index contributed by atoms with van der Waals surface area (Å²) in [7, 11) is 0. The molecule has 5 heteroatoms. The number of para-hydroxylation sites is 2. The number of alkyl halides is 2. The van der Waals surface area contributed by atoms with Crippen molar-refractivity contribution in [2.24, 2.45) is 0 Å². The average molecular weight is 315 g/mol. The van der Waals surface area contributed by atoms with Gasteiger partial charge in [0.2, 0.25) is 0 Å². The third-order valence-electron chi connectivity index (χ3n) is 3.34. The van der Waals surface area contributed by atoms with E-state index in [-0.39, 0.29) is 0 Å². The Balaban J connectivity index is 0.000000162. The topological polar surface area (TPSA) is 35.3 Å². The summed E-state index contributed by atoms with van der Waals surface area (Å²) < 4.78 is 36.8. The van der Waals surface area contributed by atoms with Gasteiger partial charge in [-0.3, -0.25) is 0 Å². The van der Waals surface area contributed by atoms with Crippen LogP contribution in [0.15, 0.2) is 59.0 Å². The Hall–Kier alpha value is -2.69. The summed E-state index contributed by atoms with van der Waals surface area (Å²) >= 11 is 0. The Morgan fingerprint density at radius 2 is 1.87 bits per heavy atom. The third kappa shape index (κ3) is 3.08. The van der Waals surface area contributed by atoms with Gasteiger partial charge in [0.05, 0.1) is 0 Å². The van der Waals surface area contributed by atoms with E-state index >= 15 is 0 Å². The lowest BCUT2D eigenvalue weighted by molar-refractivity contribution is 0.0233. The SMILES string of the molecule is CC=CC(F)(F)c1nc2ccccc2o1.Cc1ccc2cc1O2. The van der Waals surface area contributed by atoms with Crippen molar-refractivity contribution in [3.05, 3.63) is 66.1 Å². The molecule has 0 saturated heterocycles. The van der Waals surface area contributed by atoms with Crippen LogP contribution >= 0.6 is 0 Å². The molecule has 0 saturated carbocycles. The van der Waals surface area contributed by atoms with Crippen LogP contribution in [-0.2, 0) is 5.92 Å². The van der Waals surface area contributed by atoms with E-state index in [1.54, 1.807) is 24.3 Å². The monoisotopic (exact) mass is 315 g/mol. The van der Waals surface area contributed by atoms with Crippen LogP contribution in [0.5, 0.6) is 11.5 Å². The summed E-state index contributed by atoms with van der Waals surface area (Å²) in [5.41, 5.74) is 2.04. The molecular formula is C18H15F2NO2. The maximum absolute atomic E-state index is 13.4. The molecule has 0 atom stereocenters. The maximum Gasteiger partial charge on any atom is 0.340 e. The number of oxazole rings is 1. The fourth-order valence-electron chi connectivity index (χ4n) is 2.12. The van der Waals surface area contributed by atoms with E-state index in [9.17, 15) is 8.78 Å². The molecule has 2 aliphatic heterocycles. The number of aromatic nitrogens is 1. The Morgan fingerprint density at radius 3 is 2.39 bits per heavy atom. The quantitative estimate of drug-likeness (QED) is 0.452. The highest BCUT2D eigenvalue weighted by Gasteiger charge is 2.34. The van der Waals surface area contributed by atoms with Gasteiger partial charge in [-0.2, -0.15) is 8.78 Å². The number of aryl methyl sites for hydroxylation is 1. The Labute approximate surface area is 132 Å². The van der Waals surface area contributed by atoms with Gasteiger partial charge in [-0.05, 0) is 43.7 Å². The molecule has 2 bridgehead atoms. The summed E-state index contributed by atoms with van der Waals surface area (Å²) in [6.07, 6.45) is 2.03. The van der Waals surface area contributed by atoms with E-state index in [0.29, 0.717) is 11.1 Å². The lowest BCUT2D eigenvalue weighted by atomic mass is 10.1. The number of fused-ring (bicyclic) bond motifs is 3. The van der Waals surface area contributed by atoms with Crippen LogP contribution in [-0.4, -0.2) is 4.98 Å². The zero-order valence-electron chi connectivity index (χ0n) is 12.7. The van der Waals surface area contributed by atoms with E-state index < -0.39 is 11.8 Å². The highest BCUT2D eigenvalue weighted by Crippen LogP contribution is 2.36. The van der Waals surface area contributed by atoms with Gasteiger partial charge in [0.25, 0.3) is 5.89 Å². The van der Waals surface area contributed by atoms with Gasteiger partial charge in [-0.1, -0.05) is 24.3 Å². The van der Waals surface area contributed by atoms with Crippen LogP contribution in [0.3, 0.4) is 0 Å². The summed E-state index contributed by atoms with van der Waals surface area (Å²) in [6.45, 7) is 3.56. The summed E-state index contributed by atoms with van der Waals surface area (Å²) in [4.78, 5) is 3.74. The molecule has 0 fully saturated rings. The molecule has 0 spiro atoms. The largest absolute Gasteiger partial charge is 0.457 e. The molecule has 0 radical (unpaired) electrons. The number of ether oxygens (including phenoxy) is 1. The van der Waals surface area contributed by atoms with E-state index in [0.717, 1.165) is 17.6 Å². The second-order valence-corrected chi connectivity index (χ2v) is 5.14. The van der Waals surface area contributed by atoms with Crippen molar-refractivity contribution in [2.45, 2.75) is 19.8 Å². The van der Waals surface area contributed by atoms with E-state index in [1.165, 1.54) is 18.6 Å². The first-order valence-electron chi connectivity index (χ1n) is 7.16. The molecule has 0 unspecified atom stereocenters. The molecule has 3 heterocycles. The van der Waals surface area contributed by atoms with Crippen molar-refractivity contribution in [3.8, 4) is 11.5 Å². The number of halogens is 2. The fraction of sp³-hybridized carbons (Fsp3) is 0.167. The normalized spacial score (nSPS) is 12.5. The van der Waals surface area contributed by atoms with Crippen molar-refractivity contribution in [3.63, 3.8) is 0 Å². The lowest BCUT2D eigenvalue weighted by Gasteiger charge is -2.17. The molecule has 1 aromatic heterocycles. The molecule has 0 amide bonds. The molecule has 5 rings (SSSR count). The number of nitrogens with zero attached hydrogens (tertiary/aromatic N) is 1. The summed E-state index contributed by atoms with van der Waals surface area (Å²) in [6, 6.07) is 12.8. The van der Waals surface area contributed by atoms with Crippen LogP contribution in [0, 0.1) is 6.92 Å². The molecule has 0 aliphatic carbocycles. The first-order chi connectivity index (χ1) is 11.0. The number of benzene rings is 2. The molecule has 3 aromatic rings. The van der Waals surface area contributed by atoms with Gasteiger partial charge in [-0.15, -0.1) is 0 Å². The van der Waals surface area contributed by atoms with E-state index in [2.05, 4.69) is 11.1 Å². The number of hydrogen-bond donors (Lipinski definition) is 0. The molecule has 2 aromatic carbocycles. The van der Waals surface area contributed by atoms with Gasteiger partial charge >= 0.3 is 5.92 Å². The fourth-order valence-corrected chi connectivity index (χ4v) is 2.12. The van der Waals surface area contributed by atoms with Gasteiger partial charge in [0.15, 0.2) is 5.58 Å². The van der Waals surface area contributed by atoms with Crippen molar-refractivity contribution in [1.29, 1.82) is 0 Å². The van der Waals surface area contributed by atoms with Gasteiger partial charge in [-0.25, -0.2) is 4.98 Å². The molecule has 118 valence electrons. The molecular weight excluding hydrogens is 300 g/mol. The predicted octanol–water partition coefficient (Wildman–Crippen LogP) is 5.60. The molecule has 3 nitrogen and oxygen atoms in total. The minimum atomic E-state index is -3.15. The van der Waals surface area contributed by atoms with Crippen LogP contribution in [0.4, 0.5) is 8.78 Å². The second-order valence-electron chi connectivity index (χ2n) is 5.14. The van der Waals surface area contributed by atoms with Gasteiger partial charge in [0, 0.05) is 6.07 Å². The smallest absolute Gasteiger partial charge is 0.340 e. The number of rotatable bonds is 2. The first kappa shape index (κ1) is 15.2. The second kappa shape index (κ2) is 5.83. The highest BCUT2D eigenvalue weighted by atomic mass is 19.3. The Kier molecular flexibility index (Phi) is 3.86. The van der Waals surface area contributed by atoms with Crippen molar-refractivity contribution < 1.29 is 17.9 Å². The zero-order chi connectivity index (χ0) is 16.4. The van der Waals surface area contributed by atoms with Crippen molar-refractivity contribution >= 4 is 11.1 Å². The van der Waals surface area contributed by atoms with E-state index in [4.69, 9.17) is 9.15 Å². The van der Waals surface area contributed by atoms with Crippen molar-refractivity contribution in [2.75, 3.05) is 0 Å². The third-order valence-corrected chi connectivity index (χ3v) is 3.34. The highest BCUT2D eigenvalue weighted by molar-refractivity contribution is 5.72. The predicted molar refractivity (Wildman–Crippen MR) is 84.0 cm³/mol. The Bertz CT molecular complexity index is 826. The average Bonchev–Trinajstić information content (AvgIpc) is 2.92. The minimum Gasteiger partial charge on any atom is -0.457 e. The van der Waals surface area contributed by atoms with Crippen LogP contribution in [0.1, 0.15) is 18.4 Å². The molecule has 0 N–H and O–H groups in total. The minimum absolute atomic E-state index is 0.372. The number of hydrogen-bond acceptors (Lipinski definition) is 3. The zero-order valence-corrected chi connectivity index (χ0v) is 12.7. The number of allylic oxidation sites excluding steroid dienone is 2. The lowest BCUT2D eigenvalue weighted by Crippen LogP contribution is -2.09. The van der Waals surface area contributed by atoms with Gasteiger partial charge < -0.3 is 9.15 Å². The first-order valence-corrected chi connectivity index (χ1v) is 7.16. The summed E-state index contributed by atoms with van der Waals surface area (Å²) in [5, 5.41) is 0. The summed E-state index contributed by atoms with van der Waals surface area (Å²) in [5.74, 6) is -1.69. The molecule has 23 heavy (non-hydrogen) atoms. The van der Waals surface area contributed by atoms with Crippen LogP contribution in [0.25, 0.3) is 11.1 Å². The Morgan fingerprint density at radius 1 is 1.13 bits per heavy atom. The molecule has 2 aliphatic rings. The maximum atomic E-state index is 13.4. The van der Waals surface area contributed by atoms with E-state index in [1.807, 2.05) is 19.1 Å².